The number of aromatic hydroxyl groups is 1. The van der Waals surface area contributed by atoms with Crippen molar-refractivity contribution in [1.29, 1.82) is 0 Å². The van der Waals surface area contributed by atoms with Gasteiger partial charge in [0.1, 0.15) is 0 Å². The molecule has 0 aliphatic heterocycles. The Labute approximate surface area is 140 Å². The topological polar surface area (TPSA) is 62.5 Å². The maximum Gasteiger partial charge on any atom is 0.223 e. The van der Waals surface area contributed by atoms with Gasteiger partial charge in [-0.25, -0.2) is 0 Å². The van der Waals surface area contributed by atoms with E-state index in [-0.39, 0.29) is 5.75 Å². The van der Waals surface area contributed by atoms with Gasteiger partial charge in [0.05, 0.1) is 18.0 Å². The number of aliphatic hydroxyl groups excluding tert-OH is 1. The van der Waals surface area contributed by atoms with Crippen LogP contribution in [0.2, 0.25) is 0 Å². The van der Waals surface area contributed by atoms with Crippen LogP contribution in [-0.2, 0) is 0 Å². The van der Waals surface area contributed by atoms with E-state index >= 15 is 0 Å². The monoisotopic (exact) mass is 321 g/mol. The van der Waals surface area contributed by atoms with Gasteiger partial charge in [-0.3, -0.25) is 4.79 Å². The van der Waals surface area contributed by atoms with E-state index in [9.17, 15) is 15.0 Å². The Hall–Kier alpha value is -2.85. The van der Waals surface area contributed by atoms with Gasteiger partial charge in [0.15, 0.2) is 5.75 Å². The van der Waals surface area contributed by atoms with E-state index in [0.717, 1.165) is 16.8 Å². The molecule has 2 N–H and O–H groups in total. The lowest BCUT2D eigenvalue weighted by atomic mass is 10.0. The Bertz CT molecular complexity index is 942. The van der Waals surface area contributed by atoms with Crippen LogP contribution in [0.25, 0.3) is 16.8 Å². The van der Waals surface area contributed by atoms with Gasteiger partial charge in [0.25, 0.3) is 0 Å². The second-order valence-electron chi connectivity index (χ2n) is 5.91. The second-order valence-corrected chi connectivity index (χ2v) is 5.91. The molecule has 1 aromatic heterocycles. The van der Waals surface area contributed by atoms with E-state index in [1.54, 1.807) is 11.5 Å². The van der Waals surface area contributed by atoms with Gasteiger partial charge in [0, 0.05) is 11.8 Å². The summed E-state index contributed by atoms with van der Waals surface area (Å²) in [5.41, 5.74) is 3.96. The minimum absolute atomic E-state index is 0.347. The van der Waals surface area contributed by atoms with Gasteiger partial charge < -0.3 is 14.8 Å². The Morgan fingerprint density at radius 1 is 1.00 bits per heavy atom. The van der Waals surface area contributed by atoms with Crippen LogP contribution in [0, 0.1) is 6.92 Å². The molecule has 0 aliphatic rings. The van der Waals surface area contributed by atoms with Gasteiger partial charge >= 0.3 is 0 Å². The largest absolute Gasteiger partial charge is 0.503 e. The molecule has 1 unspecified atom stereocenters. The van der Waals surface area contributed by atoms with Crippen LogP contribution >= 0.6 is 0 Å². The van der Waals surface area contributed by atoms with Crippen molar-refractivity contribution in [2.24, 2.45) is 0 Å². The molecular weight excluding hydrogens is 302 g/mol. The van der Waals surface area contributed by atoms with Gasteiger partial charge in [-0.2, -0.15) is 0 Å². The summed E-state index contributed by atoms with van der Waals surface area (Å²) >= 11 is 0. The number of aliphatic hydroxyl groups is 1. The Kier molecular flexibility index (Phi) is 4.23. The molecule has 0 spiro atoms. The van der Waals surface area contributed by atoms with E-state index in [1.807, 2.05) is 49.4 Å². The minimum Gasteiger partial charge on any atom is -0.503 e. The highest BCUT2D eigenvalue weighted by Gasteiger charge is 2.12. The molecule has 1 atom stereocenters. The summed E-state index contributed by atoms with van der Waals surface area (Å²) < 4.78 is 1.64. The number of hydrogen-bond donors (Lipinski definition) is 2. The first-order chi connectivity index (χ1) is 11.5. The SMILES string of the molecule is Cc1cccc(-c2cccc(-n3cc(O)c(=O)cc3C(C)O)c2)c1. The van der Waals surface area contributed by atoms with E-state index < -0.39 is 11.5 Å². The lowest BCUT2D eigenvalue weighted by molar-refractivity contribution is 0.191. The average molecular weight is 321 g/mol. The Morgan fingerprint density at radius 3 is 2.33 bits per heavy atom. The molecule has 0 amide bonds. The molecule has 3 aromatic rings. The summed E-state index contributed by atoms with van der Waals surface area (Å²) in [5, 5.41) is 19.7. The number of nitrogens with zero attached hydrogens (tertiary/aromatic N) is 1. The molecule has 0 fully saturated rings. The Morgan fingerprint density at radius 2 is 1.67 bits per heavy atom. The summed E-state index contributed by atoms with van der Waals surface area (Å²) in [6, 6.07) is 17.2. The van der Waals surface area contributed by atoms with Crippen LogP contribution < -0.4 is 5.43 Å². The van der Waals surface area contributed by atoms with Crippen LogP contribution in [0.1, 0.15) is 24.3 Å². The normalized spacial score (nSPS) is 12.1. The van der Waals surface area contributed by atoms with Crippen LogP contribution in [0.5, 0.6) is 5.75 Å². The molecule has 0 saturated heterocycles. The summed E-state index contributed by atoms with van der Waals surface area (Å²) in [6.45, 7) is 3.63. The van der Waals surface area contributed by atoms with Gasteiger partial charge in [-0.15, -0.1) is 0 Å². The summed E-state index contributed by atoms with van der Waals surface area (Å²) in [5.74, 6) is -0.347. The third-order valence-electron chi connectivity index (χ3n) is 3.96. The summed E-state index contributed by atoms with van der Waals surface area (Å²) in [6.07, 6.45) is 0.514. The zero-order chi connectivity index (χ0) is 17.3. The van der Waals surface area contributed by atoms with Crippen LogP contribution in [0.4, 0.5) is 0 Å². The second kappa shape index (κ2) is 6.34. The van der Waals surface area contributed by atoms with Gasteiger partial charge in [-0.05, 0) is 37.1 Å². The molecule has 122 valence electrons. The van der Waals surface area contributed by atoms with Crippen molar-refractivity contribution in [3.63, 3.8) is 0 Å². The Balaban J connectivity index is 2.16. The van der Waals surface area contributed by atoms with Gasteiger partial charge in [-0.1, -0.05) is 42.0 Å². The van der Waals surface area contributed by atoms with Crippen molar-refractivity contribution in [3.05, 3.63) is 82.3 Å². The number of hydrogen-bond acceptors (Lipinski definition) is 3. The third kappa shape index (κ3) is 3.09. The maximum absolute atomic E-state index is 11.7. The molecule has 4 nitrogen and oxygen atoms in total. The zero-order valence-electron chi connectivity index (χ0n) is 13.6. The molecule has 1 heterocycles. The van der Waals surface area contributed by atoms with E-state index in [1.165, 1.54) is 17.8 Å². The highest BCUT2D eigenvalue weighted by molar-refractivity contribution is 5.66. The molecule has 0 aliphatic carbocycles. The predicted molar refractivity (Wildman–Crippen MR) is 94.5 cm³/mol. The molecule has 24 heavy (non-hydrogen) atoms. The molecule has 4 heteroatoms. The smallest absolute Gasteiger partial charge is 0.223 e. The van der Waals surface area contributed by atoms with Crippen LogP contribution in [0.3, 0.4) is 0 Å². The number of rotatable bonds is 3. The molecule has 3 rings (SSSR count). The number of pyridine rings is 1. The first kappa shape index (κ1) is 16.0. The summed E-state index contributed by atoms with van der Waals surface area (Å²) in [4.78, 5) is 11.7. The highest BCUT2D eigenvalue weighted by atomic mass is 16.3. The molecule has 0 radical (unpaired) electrons. The maximum atomic E-state index is 11.7. The van der Waals surface area contributed by atoms with E-state index in [2.05, 4.69) is 6.07 Å². The summed E-state index contributed by atoms with van der Waals surface area (Å²) in [7, 11) is 0. The first-order valence-electron chi connectivity index (χ1n) is 7.77. The fourth-order valence-electron chi connectivity index (χ4n) is 2.74. The lowest BCUT2D eigenvalue weighted by Crippen LogP contribution is -2.13. The van der Waals surface area contributed by atoms with Gasteiger partial charge in [0.2, 0.25) is 5.43 Å². The lowest BCUT2D eigenvalue weighted by Gasteiger charge is -2.17. The van der Waals surface area contributed by atoms with Crippen molar-refractivity contribution in [2.45, 2.75) is 20.0 Å². The average Bonchev–Trinajstić information content (AvgIpc) is 2.57. The van der Waals surface area contributed by atoms with E-state index in [4.69, 9.17) is 0 Å². The van der Waals surface area contributed by atoms with Crippen molar-refractivity contribution in [3.8, 4) is 22.6 Å². The molecule has 0 bridgehead atoms. The minimum atomic E-state index is -0.832. The zero-order valence-corrected chi connectivity index (χ0v) is 13.6. The molecular formula is C20H19NO3. The number of aromatic nitrogens is 1. The fourth-order valence-corrected chi connectivity index (χ4v) is 2.74. The number of benzene rings is 2. The third-order valence-corrected chi connectivity index (χ3v) is 3.96. The molecule has 0 saturated carbocycles. The highest BCUT2D eigenvalue weighted by Crippen LogP contribution is 2.25. The van der Waals surface area contributed by atoms with Crippen molar-refractivity contribution >= 4 is 0 Å². The predicted octanol–water partition coefficient (Wildman–Crippen LogP) is 3.57. The fraction of sp³-hybridized carbons (Fsp3) is 0.150. The quantitative estimate of drug-likeness (QED) is 0.775. The molecule has 2 aromatic carbocycles. The van der Waals surface area contributed by atoms with Crippen molar-refractivity contribution in [1.82, 2.24) is 4.57 Å². The first-order valence-corrected chi connectivity index (χ1v) is 7.77. The van der Waals surface area contributed by atoms with E-state index in [0.29, 0.717) is 5.69 Å². The van der Waals surface area contributed by atoms with Crippen LogP contribution in [-0.4, -0.2) is 14.8 Å². The van der Waals surface area contributed by atoms with Crippen molar-refractivity contribution < 1.29 is 10.2 Å². The van der Waals surface area contributed by atoms with Crippen molar-refractivity contribution in [2.75, 3.05) is 0 Å². The number of aryl methyl sites for hydroxylation is 1. The standard InChI is InChI=1S/C20H19NO3/c1-13-5-3-6-15(9-13)16-7-4-8-17(10-16)21-12-20(24)19(23)11-18(21)14(2)22/h3-12,14,22,24H,1-2H3. The van der Waals surface area contributed by atoms with Crippen LogP contribution in [0.15, 0.2) is 65.6 Å².